The van der Waals surface area contributed by atoms with Crippen LogP contribution in [0.1, 0.15) is 18.5 Å². The minimum atomic E-state index is -0.153. The molecule has 0 saturated carbocycles. The lowest BCUT2D eigenvalue weighted by Crippen LogP contribution is -2.48. The summed E-state index contributed by atoms with van der Waals surface area (Å²) in [6, 6.07) is 6.74. The zero-order valence-electron chi connectivity index (χ0n) is 9.71. The van der Waals surface area contributed by atoms with Crippen molar-refractivity contribution < 1.29 is 0 Å². The zero-order valence-corrected chi connectivity index (χ0v) is 9.71. The smallest absolute Gasteiger partial charge is 0.311 e. The molecular weight excluding hydrogens is 216 g/mol. The number of imidazole rings is 1. The second-order valence-corrected chi connectivity index (χ2v) is 4.56. The van der Waals surface area contributed by atoms with E-state index in [-0.39, 0.29) is 5.69 Å². The fourth-order valence-corrected chi connectivity index (χ4v) is 2.47. The third kappa shape index (κ3) is 1.87. The second-order valence-electron chi connectivity index (χ2n) is 4.56. The maximum atomic E-state index is 11.2. The molecule has 0 amide bonds. The molecule has 90 valence electrons. The highest BCUT2D eigenvalue weighted by molar-refractivity contribution is 5.75. The average molecular weight is 232 g/mol. The van der Waals surface area contributed by atoms with Crippen molar-refractivity contribution in [3.8, 4) is 0 Å². The summed E-state index contributed by atoms with van der Waals surface area (Å²) in [5, 5.41) is 6.93. The van der Waals surface area contributed by atoms with Crippen LogP contribution in [0, 0.1) is 0 Å². The quantitative estimate of drug-likeness (QED) is 0.578. The molecule has 1 aromatic heterocycles. The lowest BCUT2D eigenvalue weighted by molar-refractivity contribution is 0.346. The summed E-state index contributed by atoms with van der Waals surface area (Å²) < 4.78 is 0. The van der Waals surface area contributed by atoms with Gasteiger partial charge in [-0.15, -0.1) is 0 Å². The van der Waals surface area contributed by atoms with Crippen molar-refractivity contribution in [3.63, 3.8) is 0 Å². The predicted octanol–water partition coefficient (Wildman–Crippen LogP) is 0.479. The van der Waals surface area contributed by atoms with Crippen molar-refractivity contribution in [2.45, 2.75) is 19.0 Å². The van der Waals surface area contributed by atoms with E-state index in [0.29, 0.717) is 12.1 Å². The molecule has 5 heteroatoms. The van der Waals surface area contributed by atoms with E-state index in [2.05, 4.69) is 33.6 Å². The number of H-pyrrole nitrogens is 2. The second kappa shape index (κ2) is 4.01. The van der Waals surface area contributed by atoms with Gasteiger partial charge in [0.25, 0.3) is 0 Å². The molecule has 1 aromatic carbocycles. The molecule has 2 atom stereocenters. The summed E-state index contributed by atoms with van der Waals surface area (Å²) in [5.41, 5.74) is 2.77. The molecule has 2 unspecified atom stereocenters. The van der Waals surface area contributed by atoms with Gasteiger partial charge in [-0.3, -0.25) is 0 Å². The van der Waals surface area contributed by atoms with E-state index in [9.17, 15) is 4.79 Å². The number of fused-ring (bicyclic) bond motifs is 1. The van der Waals surface area contributed by atoms with Crippen LogP contribution in [0.15, 0.2) is 23.0 Å². The SMILES string of the molecule is CC1NCCNC1c1ccc2[nH]c(=O)[nH]c2c1. The summed E-state index contributed by atoms with van der Waals surface area (Å²) >= 11 is 0. The molecule has 3 rings (SSSR count). The number of benzene rings is 1. The number of rotatable bonds is 1. The molecule has 0 radical (unpaired) electrons. The average Bonchev–Trinajstić information content (AvgIpc) is 2.68. The molecule has 1 saturated heterocycles. The van der Waals surface area contributed by atoms with Crippen LogP contribution in [0.2, 0.25) is 0 Å². The first-order chi connectivity index (χ1) is 8.24. The molecule has 2 aromatic rings. The maximum Gasteiger partial charge on any atom is 0.323 e. The molecule has 2 heterocycles. The molecule has 1 fully saturated rings. The Balaban J connectivity index is 2.01. The first-order valence-corrected chi connectivity index (χ1v) is 5.93. The molecule has 4 N–H and O–H groups in total. The van der Waals surface area contributed by atoms with Gasteiger partial charge in [-0.25, -0.2) is 4.79 Å². The van der Waals surface area contributed by atoms with Gasteiger partial charge in [0.1, 0.15) is 0 Å². The van der Waals surface area contributed by atoms with Gasteiger partial charge in [0.15, 0.2) is 0 Å². The van der Waals surface area contributed by atoms with Gasteiger partial charge in [0, 0.05) is 25.2 Å². The van der Waals surface area contributed by atoms with E-state index >= 15 is 0 Å². The van der Waals surface area contributed by atoms with E-state index in [1.807, 2.05) is 12.1 Å². The third-order valence-electron chi connectivity index (χ3n) is 3.35. The normalized spacial score (nSPS) is 25.2. The topological polar surface area (TPSA) is 72.7 Å². The van der Waals surface area contributed by atoms with Gasteiger partial charge in [-0.2, -0.15) is 0 Å². The summed E-state index contributed by atoms with van der Waals surface area (Å²) in [7, 11) is 0. The fraction of sp³-hybridized carbons (Fsp3) is 0.417. The Bertz CT molecular complexity index is 585. The van der Waals surface area contributed by atoms with Crippen molar-refractivity contribution in [1.29, 1.82) is 0 Å². The Morgan fingerprint density at radius 2 is 1.88 bits per heavy atom. The molecule has 17 heavy (non-hydrogen) atoms. The van der Waals surface area contributed by atoms with Crippen LogP contribution in [-0.2, 0) is 0 Å². The van der Waals surface area contributed by atoms with Gasteiger partial charge in [0.05, 0.1) is 11.0 Å². The number of aromatic nitrogens is 2. The number of hydrogen-bond acceptors (Lipinski definition) is 3. The summed E-state index contributed by atoms with van der Waals surface area (Å²) in [4.78, 5) is 16.7. The minimum absolute atomic E-state index is 0.153. The monoisotopic (exact) mass is 232 g/mol. The van der Waals surface area contributed by atoms with Crippen LogP contribution in [-0.4, -0.2) is 29.1 Å². The van der Waals surface area contributed by atoms with Crippen LogP contribution in [0.25, 0.3) is 11.0 Å². The molecular formula is C12H16N4O. The lowest BCUT2D eigenvalue weighted by atomic mass is 9.98. The fourth-order valence-electron chi connectivity index (χ4n) is 2.47. The Morgan fingerprint density at radius 1 is 1.12 bits per heavy atom. The van der Waals surface area contributed by atoms with E-state index in [4.69, 9.17) is 0 Å². The highest BCUT2D eigenvalue weighted by atomic mass is 16.1. The first-order valence-electron chi connectivity index (χ1n) is 5.93. The molecule has 0 aliphatic carbocycles. The summed E-state index contributed by atoms with van der Waals surface area (Å²) in [5.74, 6) is 0. The van der Waals surface area contributed by atoms with Crippen molar-refractivity contribution >= 4 is 11.0 Å². The first kappa shape index (κ1) is 10.6. The highest BCUT2D eigenvalue weighted by Gasteiger charge is 2.21. The maximum absolute atomic E-state index is 11.2. The van der Waals surface area contributed by atoms with E-state index in [0.717, 1.165) is 24.1 Å². The van der Waals surface area contributed by atoms with Gasteiger partial charge >= 0.3 is 5.69 Å². The number of nitrogens with one attached hydrogen (secondary N) is 4. The third-order valence-corrected chi connectivity index (χ3v) is 3.35. The highest BCUT2D eigenvalue weighted by Crippen LogP contribution is 2.21. The zero-order chi connectivity index (χ0) is 11.8. The van der Waals surface area contributed by atoms with E-state index < -0.39 is 0 Å². The van der Waals surface area contributed by atoms with Gasteiger partial charge in [-0.1, -0.05) is 6.07 Å². The van der Waals surface area contributed by atoms with Crippen LogP contribution in [0.3, 0.4) is 0 Å². The lowest BCUT2D eigenvalue weighted by Gasteiger charge is -2.31. The molecule has 0 bridgehead atoms. The number of aromatic amines is 2. The van der Waals surface area contributed by atoms with Crippen LogP contribution >= 0.6 is 0 Å². The number of piperazine rings is 1. The molecule has 1 aliphatic rings. The van der Waals surface area contributed by atoms with Crippen LogP contribution in [0.5, 0.6) is 0 Å². The van der Waals surface area contributed by atoms with Crippen LogP contribution < -0.4 is 16.3 Å². The van der Waals surface area contributed by atoms with Crippen molar-refractivity contribution in [1.82, 2.24) is 20.6 Å². The minimum Gasteiger partial charge on any atom is -0.311 e. The Hall–Kier alpha value is -1.59. The van der Waals surface area contributed by atoms with Crippen LogP contribution in [0.4, 0.5) is 0 Å². The number of hydrogen-bond donors (Lipinski definition) is 4. The van der Waals surface area contributed by atoms with Gasteiger partial charge < -0.3 is 20.6 Å². The summed E-state index contributed by atoms with van der Waals surface area (Å²) in [6.45, 7) is 4.14. The summed E-state index contributed by atoms with van der Waals surface area (Å²) in [6.07, 6.45) is 0. The standard InChI is InChI=1S/C12H16N4O/c1-7-11(14-5-4-13-7)8-2-3-9-10(6-8)16-12(17)15-9/h2-3,6-7,11,13-14H,4-5H2,1H3,(H2,15,16,17). The van der Waals surface area contributed by atoms with Gasteiger partial charge in [0.2, 0.25) is 0 Å². The van der Waals surface area contributed by atoms with Crippen molar-refractivity contribution in [3.05, 3.63) is 34.2 Å². The molecule has 5 nitrogen and oxygen atoms in total. The largest absolute Gasteiger partial charge is 0.323 e. The molecule has 1 aliphatic heterocycles. The van der Waals surface area contributed by atoms with Gasteiger partial charge in [-0.05, 0) is 24.6 Å². The molecule has 0 spiro atoms. The van der Waals surface area contributed by atoms with Crippen molar-refractivity contribution in [2.24, 2.45) is 0 Å². The Labute approximate surface area is 98.6 Å². The Morgan fingerprint density at radius 3 is 2.71 bits per heavy atom. The Kier molecular flexibility index (Phi) is 2.49. The predicted molar refractivity (Wildman–Crippen MR) is 67.1 cm³/mol. The van der Waals surface area contributed by atoms with Crippen molar-refractivity contribution in [2.75, 3.05) is 13.1 Å². The van der Waals surface area contributed by atoms with E-state index in [1.54, 1.807) is 0 Å². The van der Waals surface area contributed by atoms with E-state index in [1.165, 1.54) is 5.56 Å².